The standard InChI is InChI=1S/C13H20BrNO/c1-3-4-5-6-13(2,16)8-11-7-12(14)10-15-9-11/h7,9-10,16H,3-6,8H2,1-2H3. The number of nitrogens with zero attached hydrogens (tertiary/aromatic N) is 1. The molecule has 0 bridgehead atoms. The Labute approximate surface area is 106 Å². The van der Waals surface area contributed by atoms with Gasteiger partial charge in [0, 0.05) is 23.3 Å². The molecule has 1 rings (SSSR count). The molecule has 0 aromatic carbocycles. The van der Waals surface area contributed by atoms with Crippen LogP contribution < -0.4 is 0 Å². The maximum absolute atomic E-state index is 10.2. The molecule has 1 N–H and O–H groups in total. The van der Waals surface area contributed by atoms with Crippen LogP contribution in [-0.2, 0) is 6.42 Å². The first-order valence-corrected chi connectivity index (χ1v) is 6.64. The Bertz CT molecular complexity index is 325. The quantitative estimate of drug-likeness (QED) is 0.808. The maximum atomic E-state index is 10.2. The Morgan fingerprint density at radius 1 is 1.38 bits per heavy atom. The van der Waals surface area contributed by atoms with Gasteiger partial charge in [0.15, 0.2) is 0 Å². The van der Waals surface area contributed by atoms with Gasteiger partial charge < -0.3 is 5.11 Å². The normalized spacial score (nSPS) is 14.8. The van der Waals surface area contributed by atoms with Gasteiger partial charge in [0.05, 0.1) is 5.60 Å². The predicted molar refractivity (Wildman–Crippen MR) is 70.4 cm³/mol. The van der Waals surface area contributed by atoms with Gasteiger partial charge in [0.25, 0.3) is 0 Å². The molecular weight excluding hydrogens is 266 g/mol. The van der Waals surface area contributed by atoms with Crippen molar-refractivity contribution in [2.75, 3.05) is 0 Å². The highest BCUT2D eigenvalue weighted by Crippen LogP contribution is 2.21. The second kappa shape index (κ2) is 6.36. The van der Waals surface area contributed by atoms with Crippen molar-refractivity contribution in [2.45, 2.75) is 51.6 Å². The van der Waals surface area contributed by atoms with Crippen LogP contribution in [-0.4, -0.2) is 15.7 Å². The molecule has 2 nitrogen and oxygen atoms in total. The summed E-state index contributed by atoms with van der Waals surface area (Å²) in [5.74, 6) is 0. The third kappa shape index (κ3) is 5.08. The van der Waals surface area contributed by atoms with E-state index in [1.54, 1.807) is 6.20 Å². The largest absolute Gasteiger partial charge is 0.390 e. The lowest BCUT2D eigenvalue weighted by Crippen LogP contribution is -2.27. The van der Waals surface area contributed by atoms with Crippen molar-refractivity contribution in [3.8, 4) is 0 Å². The van der Waals surface area contributed by atoms with E-state index in [1.807, 2.05) is 19.2 Å². The van der Waals surface area contributed by atoms with Crippen LogP contribution >= 0.6 is 15.9 Å². The lowest BCUT2D eigenvalue weighted by Gasteiger charge is -2.23. The number of unbranched alkanes of at least 4 members (excludes halogenated alkanes) is 2. The van der Waals surface area contributed by atoms with Gasteiger partial charge in [-0.2, -0.15) is 0 Å². The van der Waals surface area contributed by atoms with Crippen molar-refractivity contribution < 1.29 is 5.11 Å². The van der Waals surface area contributed by atoms with Gasteiger partial charge in [0.2, 0.25) is 0 Å². The SMILES string of the molecule is CCCCCC(C)(O)Cc1cncc(Br)c1. The van der Waals surface area contributed by atoms with E-state index in [4.69, 9.17) is 0 Å². The van der Waals surface area contributed by atoms with Crippen LogP contribution in [0.2, 0.25) is 0 Å². The van der Waals surface area contributed by atoms with Gasteiger partial charge in [-0.05, 0) is 40.9 Å². The molecule has 0 aliphatic carbocycles. The topological polar surface area (TPSA) is 33.1 Å². The Morgan fingerprint density at radius 3 is 2.75 bits per heavy atom. The summed E-state index contributed by atoms with van der Waals surface area (Å²) in [6.45, 7) is 4.08. The van der Waals surface area contributed by atoms with Crippen molar-refractivity contribution in [1.82, 2.24) is 4.98 Å². The molecule has 0 amide bonds. The number of hydrogen-bond donors (Lipinski definition) is 1. The minimum Gasteiger partial charge on any atom is -0.390 e. The van der Waals surface area contributed by atoms with Crippen molar-refractivity contribution in [1.29, 1.82) is 0 Å². The van der Waals surface area contributed by atoms with E-state index in [1.165, 1.54) is 12.8 Å². The zero-order valence-corrected chi connectivity index (χ0v) is 11.6. The van der Waals surface area contributed by atoms with Crippen molar-refractivity contribution in [3.05, 3.63) is 28.5 Å². The lowest BCUT2D eigenvalue weighted by molar-refractivity contribution is 0.0485. The molecule has 0 radical (unpaired) electrons. The molecule has 1 atom stereocenters. The fraction of sp³-hybridized carbons (Fsp3) is 0.615. The highest BCUT2D eigenvalue weighted by Gasteiger charge is 2.20. The van der Waals surface area contributed by atoms with Crippen LogP contribution in [0.15, 0.2) is 22.9 Å². The molecule has 0 saturated carbocycles. The average molecular weight is 286 g/mol. The summed E-state index contributed by atoms with van der Waals surface area (Å²) in [6, 6.07) is 2.02. The second-order valence-electron chi connectivity index (χ2n) is 4.64. The van der Waals surface area contributed by atoms with E-state index in [-0.39, 0.29) is 0 Å². The summed E-state index contributed by atoms with van der Waals surface area (Å²) in [5.41, 5.74) is 0.466. The molecule has 0 saturated heterocycles. The van der Waals surface area contributed by atoms with Crippen molar-refractivity contribution in [3.63, 3.8) is 0 Å². The number of aromatic nitrogens is 1. The molecular formula is C13H20BrNO. The number of pyridine rings is 1. The van der Waals surface area contributed by atoms with E-state index in [0.29, 0.717) is 6.42 Å². The summed E-state index contributed by atoms with van der Waals surface area (Å²) < 4.78 is 0.967. The van der Waals surface area contributed by atoms with Crippen LogP contribution in [0.5, 0.6) is 0 Å². The Hall–Kier alpha value is -0.410. The van der Waals surface area contributed by atoms with Crippen molar-refractivity contribution in [2.24, 2.45) is 0 Å². The fourth-order valence-electron chi connectivity index (χ4n) is 1.84. The second-order valence-corrected chi connectivity index (χ2v) is 5.56. The summed E-state index contributed by atoms with van der Waals surface area (Å²) in [7, 11) is 0. The maximum Gasteiger partial charge on any atom is 0.0660 e. The van der Waals surface area contributed by atoms with E-state index in [9.17, 15) is 5.11 Å². The highest BCUT2D eigenvalue weighted by atomic mass is 79.9. The smallest absolute Gasteiger partial charge is 0.0660 e. The first kappa shape index (κ1) is 13.7. The van der Waals surface area contributed by atoms with Crippen LogP contribution in [0.4, 0.5) is 0 Å². The third-order valence-electron chi connectivity index (χ3n) is 2.67. The van der Waals surface area contributed by atoms with Crippen LogP contribution in [0, 0.1) is 0 Å². The van der Waals surface area contributed by atoms with Gasteiger partial charge >= 0.3 is 0 Å². The van der Waals surface area contributed by atoms with Crippen molar-refractivity contribution >= 4 is 15.9 Å². The summed E-state index contributed by atoms with van der Waals surface area (Å²) in [5, 5.41) is 10.2. The molecule has 90 valence electrons. The monoisotopic (exact) mass is 285 g/mol. The van der Waals surface area contributed by atoms with Gasteiger partial charge in [-0.25, -0.2) is 0 Å². The molecule has 16 heavy (non-hydrogen) atoms. The minimum atomic E-state index is -0.613. The van der Waals surface area contributed by atoms with Gasteiger partial charge in [-0.1, -0.05) is 26.2 Å². The summed E-state index contributed by atoms with van der Waals surface area (Å²) in [6.07, 6.45) is 8.57. The van der Waals surface area contributed by atoms with E-state index < -0.39 is 5.60 Å². The zero-order valence-electron chi connectivity index (χ0n) is 10.0. The zero-order chi connectivity index (χ0) is 12.0. The summed E-state index contributed by atoms with van der Waals surface area (Å²) in [4.78, 5) is 4.11. The molecule has 0 fully saturated rings. The molecule has 1 heterocycles. The van der Waals surface area contributed by atoms with Crippen LogP contribution in [0.25, 0.3) is 0 Å². The predicted octanol–water partition coefficient (Wildman–Crippen LogP) is 3.72. The highest BCUT2D eigenvalue weighted by molar-refractivity contribution is 9.10. The lowest BCUT2D eigenvalue weighted by atomic mass is 9.92. The van der Waals surface area contributed by atoms with E-state index >= 15 is 0 Å². The number of hydrogen-bond acceptors (Lipinski definition) is 2. The molecule has 0 spiro atoms. The Balaban J connectivity index is 2.51. The van der Waals surface area contributed by atoms with Crippen LogP contribution in [0.3, 0.4) is 0 Å². The third-order valence-corrected chi connectivity index (χ3v) is 3.10. The molecule has 1 unspecified atom stereocenters. The van der Waals surface area contributed by atoms with Gasteiger partial charge in [-0.15, -0.1) is 0 Å². The average Bonchev–Trinajstić information content (AvgIpc) is 2.17. The number of rotatable bonds is 6. The summed E-state index contributed by atoms with van der Waals surface area (Å²) >= 11 is 3.39. The minimum absolute atomic E-state index is 0.613. The van der Waals surface area contributed by atoms with Gasteiger partial charge in [-0.3, -0.25) is 4.98 Å². The fourth-order valence-corrected chi connectivity index (χ4v) is 2.25. The number of aliphatic hydroxyl groups is 1. The van der Waals surface area contributed by atoms with E-state index in [0.717, 1.165) is 22.9 Å². The molecule has 3 heteroatoms. The Kier molecular flexibility index (Phi) is 5.42. The Morgan fingerprint density at radius 2 is 2.12 bits per heavy atom. The molecule has 1 aromatic heterocycles. The number of halogens is 1. The van der Waals surface area contributed by atoms with Gasteiger partial charge in [0.1, 0.15) is 0 Å². The molecule has 0 aliphatic heterocycles. The first-order valence-electron chi connectivity index (χ1n) is 5.85. The van der Waals surface area contributed by atoms with E-state index in [2.05, 4.69) is 27.8 Å². The van der Waals surface area contributed by atoms with Crippen LogP contribution in [0.1, 0.15) is 45.1 Å². The molecule has 0 aliphatic rings. The molecule has 1 aromatic rings. The first-order chi connectivity index (χ1) is 7.53.